The van der Waals surface area contributed by atoms with E-state index in [0.29, 0.717) is 5.82 Å². The van der Waals surface area contributed by atoms with E-state index in [4.69, 9.17) is 0 Å². The second kappa shape index (κ2) is 5.66. The predicted octanol–water partition coefficient (Wildman–Crippen LogP) is 2.78. The molecule has 0 spiro atoms. The normalized spacial score (nSPS) is 11.6. The minimum absolute atomic E-state index is 0.251. The zero-order valence-corrected chi connectivity index (χ0v) is 12.7. The molecule has 0 saturated carbocycles. The van der Waals surface area contributed by atoms with Crippen molar-refractivity contribution < 1.29 is 8.42 Å². The minimum Gasteiger partial charge on any atom is -0.280 e. The second-order valence-corrected chi connectivity index (χ2v) is 6.56. The SMILES string of the molecule is CCCc1cc(NS(=O)(=O)c2ccc(C)c(C)c2)n[nH]1. The van der Waals surface area contributed by atoms with Gasteiger partial charge in [0.2, 0.25) is 0 Å². The fraction of sp³-hybridized carbons (Fsp3) is 0.357. The highest BCUT2D eigenvalue weighted by molar-refractivity contribution is 7.92. The van der Waals surface area contributed by atoms with Gasteiger partial charge in [-0.25, -0.2) is 8.42 Å². The number of sulfonamides is 1. The zero-order chi connectivity index (χ0) is 14.8. The standard InChI is InChI=1S/C14H19N3O2S/c1-4-5-12-9-14(16-15-12)17-20(18,19)13-7-6-10(2)11(3)8-13/h6-9H,4-5H2,1-3H3,(H2,15,16,17). The van der Waals surface area contributed by atoms with E-state index in [1.165, 1.54) is 0 Å². The molecule has 2 N–H and O–H groups in total. The van der Waals surface area contributed by atoms with E-state index in [-0.39, 0.29) is 4.90 Å². The lowest BCUT2D eigenvalue weighted by atomic mass is 10.1. The van der Waals surface area contributed by atoms with E-state index >= 15 is 0 Å². The monoisotopic (exact) mass is 293 g/mol. The van der Waals surface area contributed by atoms with E-state index in [2.05, 4.69) is 21.8 Å². The van der Waals surface area contributed by atoms with Crippen molar-refractivity contribution in [1.82, 2.24) is 10.2 Å². The highest BCUT2D eigenvalue weighted by Gasteiger charge is 2.16. The summed E-state index contributed by atoms with van der Waals surface area (Å²) < 4.78 is 27.0. The number of anilines is 1. The van der Waals surface area contributed by atoms with Gasteiger partial charge < -0.3 is 0 Å². The molecule has 5 nitrogen and oxygen atoms in total. The van der Waals surface area contributed by atoms with Crippen molar-refractivity contribution in [3.05, 3.63) is 41.1 Å². The summed E-state index contributed by atoms with van der Waals surface area (Å²) in [5, 5.41) is 6.79. The number of benzene rings is 1. The summed E-state index contributed by atoms with van der Waals surface area (Å²) in [6.07, 6.45) is 1.82. The maximum absolute atomic E-state index is 12.3. The number of aromatic amines is 1. The molecule has 0 atom stereocenters. The summed E-state index contributed by atoms with van der Waals surface area (Å²) in [4.78, 5) is 0.251. The molecule has 0 unspecified atom stereocenters. The Kier molecular flexibility index (Phi) is 4.13. The lowest BCUT2D eigenvalue weighted by Crippen LogP contribution is -2.13. The Morgan fingerprint density at radius 3 is 2.60 bits per heavy atom. The number of hydrogen-bond donors (Lipinski definition) is 2. The van der Waals surface area contributed by atoms with Crippen LogP contribution in [0.3, 0.4) is 0 Å². The summed E-state index contributed by atoms with van der Waals surface area (Å²) in [5.41, 5.74) is 2.93. The second-order valence-electron chi connectivity index (χ2n) is 4.88. The molecule has 0 fully saturated rings. The Labute approximate surface area is 119 Å². The number of nitrogens with one attached hydrogen (secondary N) is 2. The van der Waals surface area contributed by atoms with Crippen molar-refractivity contribution in [2.24, 2.45) is 0 Å². The Balaban J connectivity index is 2.23. The van der Waals surface area contributed by atoms with Crippen LogP contribution >= 0.6 is 0 Å². The molecule has 1 aromatic carbocycles. The fourth-order valence-corrected chi connectivity index (χ4v) is 2.97. The molecule has 2 rings (SSSR count). The Bertz CT molecular complexity index is 705. The van der Waals surface area contributed by atoms with E-state index < -0.39 is 10.0 Å². The summed E-state index contributed by atoms with van der Waals surface area (Å²) in [6.45, 7) is 5.89. The summed E-state index contributed by atoms with van der Waals surface area (Å²) in [5.74, 6) is 0.326. The average Bonchev–Trinajstić information content (AvgIpc) is 2.79. The first-order chi connectivity index (χ1) is 9.42. The lowest BCUT2D eigenvalue weighted by Gasteiger charge is -2.07. The van der Waals surface area contributed by atoms with Crippen LogP contribution in [-0.4, -0.2) is 18.6 Å². The number of nitrogens with zero attached hydrogens (tertiary/aromatic N) is 1. The topological polar surface area (TPSA) is 74.8 Å². The average molecular weight is 293 g/mol. The summed E-state index contributed by atoms with van der Waals surface area (Å²) in [7, 11) is -3.59. The first-order valence-corrected chi connectivity index (χ1v) is 8.05. The molecular formula is C14H19N3O2S. The summed E-state index contributed by atoms with van der Waals surface area (Å²) in [6, 6.07) is 6.79. The smallest absolute Gasteiger partial charge is 0.263 e. The number of rotatable bonds is 5. The molecule has 1 aromatic heterocycles. The number of H-pyrrole nitrogens is 1. The van der Waals surface area contributed by atoms with Gasteiger partial charge in [-0.3, -0.25) is 9.82 Å². The van der Waals surface area contributed by atoms with Gasteiger partial charge in [0.15, 0.2) is 5.82 Å². The molecule has 108 valence electrons. The van der Waals surface area contributed by atoms with Crippen LogP contribution in [0, 0.1) is 13.8 Å². The third kappa shape index (κ3) is 3.19. The lowest BCUT2D eigenvalue weighted by molar-refractivity contribution is 0.601. The molecule has 6 heteroatoms. The van der Waals surface area contributed by atoms with Gasteiger partial charge >= 0.3 is 0 Å². The van der Waals surface area contributed by atoms with E-state index in [1.54, 1.807) is 24.3 Å². The minimum atomic E-state index is -3.59. The maximum atomic E-state index is 12.3. The Morgan fingerprint density at radius 2 is 1.95 bits per heavy atom. The third-order valence-electron chi connectivity index (χ3n) is 3.18. The van der Waals surface area contributed by atoms with Crippen LogP contribution in [0.25, 0.3) is 0 Å². The molecule has 0 bridgehead atoms. The van der Waals surface area contributed by atoms with E-state index in [9.17, 15) is 8.42 Å². The van der Waals surface area contributed by atoms with Crippen molar-refractivity contribution >= 4 is 15.8 Å². The van der Waals surface area contributed by atoms with Gasteiger partial charge in [-0.15, -0.1) is 0 Å². The van der Waals surface area contributed by atoms with Crippen molar-refractivity contribution in [3.8, 4) is 0 Å². The van der Waals surface area contributed by atoms with Crippen LogP contribution in [0.4, 0.5) is 5.82 Å². The maximum Gasteiger partial charge on any atom is 0.263 e. The predicted molar refractivity (Wildman–Crippen MR) is 79.3 cm³/mol. The van der Waals surface area contributed by atoms with Crippen LogP contribution in [0.1, 0.15) is 30.2 Å². The molecule has 0 saturated heterocycles. The number of hydrogen-bond acceptors (Lipinski definition) is 3. The Hall–Kier alpha value is -1.82. The molecular weight excluding hydrogens is 274 g/mol. The van der Waals surface area contributed by atoms with Gasteiger partial charge in [-0.2, -0.15) is 5.10 Å². The molecule has 0 amide bonds. The first kappa shape index (κ1) is 14.6. The van der Waals surface area contributed by atoms with E-state index in [0.717, 1.165) is 29.7 Å². The quantitative estimate of drug-likeness (QED) is 0.890. The fourth-order valence-electron chi connectivity index (χ4n) is 1.89. The number of aromatic nitrogens is 2. The van der Waals surface area contributed by atoms with Crippen molar-refractivity contribution in [2.75, 3.05) is 4.72 Å². The van der Waals surface area contributed by atoms with Gasteiger partial charge in [0.25, 0.3) is 10.0 Å². The van der Waals surface area contributed by atoms with Crippen LogP contribution < -0.4 is 4.72 Å². The van der Waals surface area contributed by atoms with Crippen LogP contribution in [0.15, 0.2) is 29.2 Å². The van der Waals surface area contributed by atoms with Gasteiger partial charge in [0.1, 0.15) is 0 Å². The third-order valence-corrected chi connectivity index (χ3v) is 4.53. The van der Waals surface area contributed by atoms with Crippen molar-refractivity contribution in [2.45, 2.75) is 38.5 Å². The van der Waals surface area contributed by atoms with Crippen molar-refractivity contribution in [3.63, 3.8) is 0 Å². The molecule has 0 aliphatic carbocycles. The summed E-state index contributed by atoms with van der Waals surface area (Å²) >= 11 is 0. The molecule has 0 radical (unpaired) electrons. The highest BCUT2D eigenvalue weighted by Crippen LogP contribution is 2.18. The molecule has 2 aromatic rings. The highest BCUT2D eigenvalue weighted by atomic mass is 32.2. The number of aryl methyl sites for hydroxylation is 3. The van der Waals surface area contributed by atoms with Gasteiger partial charge in [0.05, 0.1) is 4.90 Å². The van der Waals surface area contributed by atoms with Crippen LogP contribution in [-0.2, 0) is 16.4 Å². The van der Waals surface area contributed by atoms with E-state index in [1.807, 2.05) is 13.8 Å². The Morgan fingerprint density at radius 1 is 1.20 bits per heavy atom. The van der Waals surface area contributed by atoms with Crippen LogP contribution in [0.5, 0.6) is 0 Å². The van der Waals surface area contributed by atoms with Gasteiger partial charge in [-0.1, -0.05) is 19.4 Å². The zero-order valence-electron chi connectivity index (χ0n) is 11.9. The first-order valence-electron chi connectivity index (χ1n) is 6.56. The molecule has 0 aliphatic rings. The van der Waals surface area contributed by atoms with Crippen LogP contribution in [0.2, 0.25) is 0 Å². The largest absolute Gasteiger partial charge is 0.280 e. The molecule has 0 aliphatic heterocycles. The van der Waals surface area contributed by atoms with Crippen molar-refractivity contribution in [1.29, 1.82) is 0 Å². The van der Waals surface area contributed by atoms with Gasteiger partial charge in [-0.05, 0) is 43.5 Å². The molecule has 1 heterocycles. The molecule has 20 heavy (non-hydrogen) atoms. The van der Waals surface area contributed by atoms with Gasteiger partial charge in [0, 0.05) is 11.8 Å².